The molecule has 0 saturated heterocycles. The Hall–Kier alpha value is -3.24. The number of benzene rings is 2. The molecule has 0 aliphatic carbocycles. The molecule has 10 heteroatoms. The van der Waals surface area contributed by atoms with Crippen LogP contribution < -0.4 is 20.9 Å². The standard InChI is InChI=1S/C21H22F2N4O4/c22-13-1-3-14(4-2-13)25-21(29)26-19-16(11-24-20(19)27-31-8-6-28)15-9-12-5-7-30-18(12)10-17(15)23/h1-4,9-10,16,19,28H,5-8,11H2,(H,24,27)(H2,25,26,29)/t16-,19-/m0/s1. The van der Waals surface area contributed by atoms with Crippen LogP contribution in [0.4, 0.5) is 19.3 Å². The Bertz CT molecular complexity index is 984. The van der Waals surface area contributed by atoms with E-state index in [9.17, 15) is 13.6 Å². The van der Waals surface area contributed by atoms with E-state index in [2.05, 4.69) is 21.1 Å². The van der Waals surface area contributed by atoms with Crippen LogP contribution in [-0.4, -0.2) is 49.4 Å². The van der Waals surface area contributed by atoms with Crippen molar-refractivity contribution in [3.63, 3.8) is 0 Å². The van der Waals surface area contributed by atoms with Crippen LogP contribution >= 0.6 is 0 Å². The number of nitrogens with zero attached hydrogens (tertiary/aromatic N) is 1. The molecule has 0 spiro atoms. The minimum atomic E-state index is -0.714. The van der Waals surface area contributed by atoms with Crippen LogP contribution in [0.5, 0.6) is 5.75 Å². The lowest BCUT2D eigenvalue weighted by atomic mass is 9.90. The summed E-state index contributed by atoms with van der Waals surface area (Å²) in [4.78, 5) is 22.1. The molecule has 0 aromatic heterocycles. The van der Waals surface area contributed by atoms with Gasteiger partial charge in [0.15, 0.2) is 0 Å². The number of rotatable bonds is 6. The number of fused-ring (bicyclic) bond motifs is 1. The van der Waals surface area contributed by atoms with Crippen LogP contribution in [0, 0.1) is 11.6 Å². The maximum absolute atomic E-state index is 14.8. The van der Waals surface area contributed by atoms with Crippen molar-refractivity contribution in [1.29, 1.82) is 0 Å². The molecule has 4 N–H and O–H groups in total. The van der Waals surface area contributed by atoms with Crippen LogP contribution in [0.2, 0.25) is 0 Å². The maximum atomic E-state index is 14.8. The average molecular weight is 432 g/mol. The zero-order chi connectivity index (χ0) is 21.8. The van der Waals surface area contributed by atoms with Gasteiger partial charge in [0.25, 0.3) is 0 Å². The van der Waals surface area contributed by atoms with E-state index in [0.29, 0.717) is 35.9 Å². The van der Waals surface area contributed by atoms with Gasteiger partial charge in [-0.3, -0.25) is 15.3 Å². The zero-order valence-electron chi connectivity index (χ0n) is 16.5. The van der Waals surface area contributed by atoms with Gasteiger partial charge in [0.1, 0.15) is 23.2 Å². The van der Waals surface area contributed by atoms with Crippen molar-refractivity contribution in [3.8, 4) is 5.75 Å². The third-order valence-electron chi connectivity index (χ3n) is 5.12. The number of halogens is 2. The zero-order valence-corrected chi connectivity index (χ0v) is 16.5. The fraction of sp³-hybridized carbons (Fsp3) is 0.333. The van der Waals surface area contributed by atoms with Crippen molar-refractivity contribution >= 4 is 17.6 Å². The molecule has 164 valence electrons. The minimum Gasteiger partial charge on any atom is -0.493 e. The molecule has 2 atom stereocenters. The summed E-state index contributed by atoms with van der Waals surface area (Å²) in [6, 6.07) is 7.15. The number of anilines is 1. The molecule has 0 fully saturated rings. The first-order chi connectivity index (χ1) is 15.0. The maximum Gasteiger partial charge on any atom is 0.319 e. The van der Waals surface area contributed by atoms with Gasteiger partial charge in [-0.2, -0.15) is 0 Å². The van der Waals surface area contributed by atoms with E-state index < -0.39 is 29.6 Å². The number of amidine groups is 1. The molecule has 2 aliphatic rings. The number of ether oxygens (including phenoxy) is 1. The number of carbonyl (C=O) groups excluding carboxylic acids is 1. The van der Waals surface area contributed by atoms with Crippen LogP contribution in [0.25, 0.3) is 0 Å². The van der Waals surface area contributed by atoms with Crippen molar-refractivity contribution < 1.29 is 28.3 Å². The fourth-order valence-corrected chi connectivity index (χ4v) is 3.65. The topological polar surface area (TPSA) is 104 Å². The molecule has 2 aromatic carbocycles. The van der Waals surface area contributed by atoms with Crippen molar-refractivity contribution in [2.24, 2.45) is 4.99 Å². The largest absolute Gasteiger partial charge is 0.493 e. The summed E-state index contributed by atoms with van der Waals surface area (Å²) < 4.78 is 33.4. The highest BCUT2D eigenvalue weighted by Gasteiger charge is 2.37. The van der Waals surface area contributed by atoms with E-state index in [4.69, 9.17) is 14.7 Å². The van der Waals surface area contributed by atoms with Gasteiger partial charge in [0.2, 0.25) is 0 Å². The second-order valence-corrected chi connectivity index (χ2v) is 7.17. The van der Waals surface area contributed by atoms with Gasteiger partial charge in [-0.25, -0.2) is 13.6 Å². The third-order valence-corrected chi connectivity index (χ3v) is 5.12. The second-order valence-electron chi connectivity index (χ2n) is 7.17. The van der Waals surface area contributed by atoms with Crippen LogP contribution in [0.15, 0.2) is 41.4 Å². The number of carbonyl (C=O) groups is 1. The van der Waals surface area contributed by atoms with Crippen molar-refractivity contribution in [3.05, 3.63) is 59.2 Å². The highest BCUT2D eigenvalue weighted by molar-refractivity contribution is 5.96. The number of aliphatic imine (C=N–C) groups is 1. The highest BCUT2D eigenvalue weighted by Crippen LogP contribution is 2.34. The Morgan fingerprint density at radius 1 is 1.26 bits per heavy atom. The summed E-state index contributed by atoms with van der Waals surface area (Å²) in [5, 5.41) is 14.3. The molecule has 0 radical (unpaired) electrons. The Balaban J connectivity index is 1.53. The number of hydrogen-bond donors (Lipinski definition) is 4. The Labute approximate surface area is 177 Å². The first-order valence-electron chi connectivity index (χ1n) is 9.86. The summed E-state index contributed by atoms with van der Waals surface area (Å²) in [6.45, 7) is 0.543. The number of aliphatic hydroxyl groups is 1. The fourth-order valence-electron chi connectivity index (χ4n) is 3.65. The molecular weight excluding hydrogens is 410 g/mol. The van der Waals surface area contributed by atoms with Crippen molar-refractivity contribution in [2.75, 3.05) is 31.7 Å². The summed E-state index contributed by atoms with van der Waals surface area (Å²) in [5.74, 6) is -0.501. The molecule has 2 heterocycles. The molecule has 8 nitrogen and oxygen atoms in total. The van der Waals surface area contributed by atoms with Gasteiger partial charge in [0, 0.05) is 24.1 Å². The lowest BCUT2D eigenvalue weighted by molar-refractivity contribution is 0.0517. The molecule has 2 aromatic rings. The molecule has 0 unspecified atom stereocenters. The molecule has 31 heavy (non-hydrogen) atoms. The number of hydroxylamine groups is 1. The predicted octanol–water partition coefficient (Wildman–Crippen LogP) is 2.10. The smallest absolute Gasteiger partial charge is 0.319 e. The lowest BCUT2D eigenvalue weighted by Gasteiger charge is -2.24. The summed E-state index contributed by atoms with van der Waals surface area (Å²) >= 11 is 0. The van der Waals surface area contributed by atoms with E-state index in [-0.39, 0.29) is 19.8 Å². The first-order valence-corrected chi connectivity index (χ1v) is 9.86. The molecule has 0 bridgehead atoms. The molecule has 2 amide bonds. The Morgan fingerprint density at radius 3 is 2.84 bits per heavy atom. The molecule has 2 aliphatic heterocycles. The SMILES string of the molecule is O=C(Nc1ccc(F)cc1)N[C@@H]1C(NOCCO)=NC[C@H]1c1cc2c(cc1F)OCC2. The van der Waals surface area contributed by atoms with Gasteiger partial charge in [-0.15, -0.1) is 0 Å². The van der Waals surface area contributed by atoms with E-state index in [1.807, 2.05) is 0 Å². The summed E-state index contributed by atoms with van der Waals surface area (Å²) in [7, 11) is 0. The number of urea groups is 1. The predicted molar refractivity (Wildman–Crippen MR) is 109 cm³/mol. The van der Waals surface area contributed by atoms with Gasteiger partial charge in [0.05, 0.1) is 32.4 Å². The van der Waals surface area contributed by atoms with E-state index in [0.717, 1.165) is 5.56 Å². The number of hydrogen-bond acceptors (Lipinski definition) is 6. The monoisotopic (exact) mass is 432 g/mol. The summed E-state index contributed by atoms with van der Waals surface area (Å²) in [6.07, 6.45) is 0.685. The van der Waals surface area contributed by atoms with E-state index >= 15 is 0 Å². The van der Waals surface area contributed by atoms with Crippen molar-refractivity contribution in [1.82, 2.24) is 10.8 Å². The first kappa shape index (κ1) is 21.0. The van der Waals surface area contributed by atoms with Crippen molar-refractivity contribution in [2.45, 2.75) is 18.4 Å². The minimum absolute atomic E-state index is 0.0166. The van der Waals surface area contributed by atoms with E-state index in [1.54, 1.807) is 6.07 Å². The lowest BCUT2D eigenvalue weighted by Crippen LogP contribution is -2.49. The molecule has 0 saturated carbocycles. The van der Waals surface area contributed by atoms with Gasteiger partial charge >= 0.3 is 6.03 Å². The average Bonchev–Trinajstić information content (AvgIpc) is 3.36. The van der Waals surface area contributed by atoms with E-state index in [1.165, 1.54) is 30.3 Å². The Kier molecular flexibility index (Phi) is 6.28. The van der Waals surface area contributed by atoms with Gasteiger partial charge in [-0.05, 0) is 41.5 Å². The number of amides is 2. The van der Waals surface area contributed by atoms with Crippen LogP contribution in [0.1, 0.15) is 17.0 Å². The Morgan fingerprint density at radius 2 is 2.06 bits per heavy atom. The third kappa shape index (κ3) is 4.75. The molecule has 4 rings (SSSR count). The van der Waals surface area contributed by atoms with Gasteiger partial charge in [-0.1, -0.05) is 0 Å². The number of aliphatic hydroxyl groups excluding tert-OH is 1. The summed E-state index contributed by atoms with van der Waals surface area (Å²) in [5.41, 5.74) is 4.35. The van der Waals surface area contributed by atoms with Crippen LogP contribution in [-0.2, 0) is 11.3 Å². The quantitative estimate of drug-likeness (QED) is 0.414. The van der Waals surface area contributed by atoms with Gasteiger partial charge < -0.3 is 20.5 Å². The number of nitrogens with one attached hydrogen (secondary N) is 3. The normalized spacial score (nSPS) is 19.4. The second kappa shape index (κ2) is 9.27. The highest BCUT2D eigenvalue weighted by atomic mass is 19.1. The van der Waals surface area contributed by atoms with Crippen LogP contribution in [0.3, 0.4) is 0 Å². The molecular formula is C21H22F2N4O4.